The van der Waals surface area contributed by atoms with Gasteiger partial charge in [0, 0.05) is 23.0 Å². The molecule has 2 heterocycles. The first-order chi connectivity index (χ1) is 11.7. The number of H-pyrrole nitrogens is 1. The predicted molar refractivity (Wildman–Crippen MR) is 94.4 cm³/mol. The molecule has 24 heavy (non-hydrogen) atoms. The fraction of sp³-hybridized carbons (Fsp3) is 0.278. The van der Waals surface area contributed by atoms with Gasteiger partial charge >= 0.3 is 0 Å². The number of pyridine rings is 1. The second-order valence-electron chi connectivity index (χ2n) is 5.61. The normalized spacial score (nSPS) is 12.5. The second-order valence-corrected chi connectivity index (χ2v) is 5.96. The van der Waals surface area contributed by atoms with Gasteiger partial charge in [0.05, 0.1) is 13.3 Å². The van der Waals surface area contributed by atoms with Crippen molar-refractivity contribution >= 4 is 22.5 Å². The van der Waals surface area contributed by atoms with E-state index in [1.807, 2.05) is 31.4 Å². The van der Waals surface area contributed by atoms with E-state index in [1.54, 1.807) is 7.11 Å². The molecule has 0 radical (unpaired) electrons. The fourth-order valence-corrected chi connectivity index (χ4v) is 3.31. The van der Waals surface area contributed by atoms with E-state index in [1.165, 1.54) is 6.07 Å². The Morgan fingerprint density at radius 2 is 2.21 bits per heavy atom. The third-order valence-electron chi connectivity index (χ3n) is 4.18. The number of hydrogen-bond donors (Lipinski definition) is 2. The van der Waals surface area contributed by atoms with Crippen molar-refractivity contribution in [3.8, 4) is 5.75 Å². The van der Waals surface area contributed by atoms with Gasteiger partial charge < -0.3 is 15.0 Å². The van der Waals surface area contributed by atoms with Crippen LogP contribution in [0.1, 0.15) is 23.5 Å². The number of nitrogens with zero attached hydrogens (tertiary/aromatic N) is 1. The maximum atomic E-state index is 13.8. The third-order valence-corrected chi connectivity index (χ3v) is 4.50. The van der Waals surface area contributed by atoms with E-state index in [4.69, 9.17) is 16.3 Å². The number of nitrogens with one attached hydrogen (secondary N) is 2. The quantitative estimate of drug-likeness (QED) is 0.660. The van der Waals surface area contributed by atoms with Crippen LogP contribution in [0.15, 0.2) is 36.7 Å². The molecule has 0 aliphatic heterocycles. The smallest absolute Gasteiger partial charge is 0.141 e. The number of aromatic nitrogens is 2. The highest BCUT2D eigenvalue weighted by atomic mass is 35.5. The molecule has 0 bridgehead atoms. The zero-order valence-electron chi connectivity index (χ0n) is 13.6. The molecule has 3 rings (SSSR count). The summed E-state index contributed by atoms with van der Waals surface area (Å²) < 4.78 is 19.3. The standard InChI is InChI=1S/C18H19ClFN3O/c1-21-7-6-12(13-8-11(20)9-23-18(13)19)14-10-22-15-4-3-5-16(24-2)17(14)15/h3-5,8-10,12,21-22H,6-7H2,1-2H3. The van der Waals surface area contributed by atoms with Gasteiger partial charge in [-0.15, -0.1) is 0 Å². The molecule has 126 valence electrons. The molecule has 0 aliphatic rings. The van der Waals surface area contributed by atoms with Crippen LogP contribution in [0.5, 0.6) is 5.75 Å². The Labute approximate surface area is 145 Å². The molecule has 4 nitrogen and oxygen atoms in total. The summed E-state index contributed by atoms with van der Waals surface area (Å²) in [6.07, 6.45) is 3.83. The highest BCUT2D eigenvalue weighted by Gasteiger charge is 2.23. The first kappa shape index (κ1) is 16.7. The largest absolute Gasteiger partial charge is 0.496 e. The van der Waals surface area contributed by atoms with Crippen LogP contribution >= 0.6 is 11.6 Å². The van der Waals surface area contributed by atoms with Gasteiger partial charge in [0.1, 0.15) is 16.7 Å². The number of hydrogen-bond acceptors (Lipinski definition) is 3. The van der Waals surface area contributed by atoms with Gasteiger partial charge in [-0.3, -0.25) is 0 Å². The number of aromatic amines is 1. The number of fused-ring (bicyclic) bond motifs is 1. The zero-order chi connectivity index (χ0) is 17.1. The topological polar surface area (TPSA) is 49.9 Å². The highest BCUT2D eigenvalue weighted by Crippen LogP contribution is 2.39. The van der Waals surface area contributed by atoms with Crippen molar-refractivity contribution in [2.24, 2.45) is 0 Å². The fourth-order valence-electron chi connectivity index (χ4n) is 3.07. The van der Waals surface area contributed by atoms with Crippen molar-refractivity contribution in [3.63, 3.8) is 0 Å². The van der Waals surface area contributed by atoms with Crippen molar-refractivity contribution in [2.45, 2.75) is 12.3 Å². The van der Waals surface area contributed by atoms with Gasteiger partial charge in [-0.25, -0.2) is 9.37 Å². The summed E-state index contributed by atoms with van der Waals surface area (Å²) in [7, 11) is 3.53. The first-order valence-corrected chi connectivity index (χ1v) is 8.13. The monoisotopic (exact) mass is 347 g/mol. The number of methoxy groups -OCH3 is 1. The third kappa shape index (κ3) is 3.09. The molecule has 0 spiro atoms. The summed E-state index contributed by atoms with van der Waals surface area (Å²) in [6, 6.07) is 7.30. The van der Waals surface area contributed by atoms with Gasteiger partial charge in [-0.2, -0.15) is 0 Å². The van der Waals surface area contributed by atoms with Crippen LogP contribution < -0.4 is 10.1 Å². The van der Waals surface area contributed by atoms with Crippen LogP contribution in [-0.2, 0) is 0 Å². The average molecular weight is 348 g/mol. The Kier molecular flexibility index (Phi) is 5.02. The summed E-state index contributed by atoms with van der Waals surface area (Å²) in [6.45, 7) is 0.763. The van der Waals surface area contributed by atoms with Crippen LogP contribution in [0.4, 0.5) is 4.39 Å². The highest BCUT2D eigenvalue weighted by molar-refractivity contribution is 6.30. The number of rotatable bonds is 6. The summed E-state index contributed by atoms with van der Waals surface area (Å²) in [4.78, 5) is 7.23. The molecule has 2 aromatic heterocycles. The van der Waals surface area contributed by atoms with Crippen molar-refractivity contribution in [2.75, 3.05) is 20.7 Å². The van der Waals surface area contributed by atoms with Crippen LogP contribution in [0, 0.1) is 5.82 Å². The molecule has 2 N–H and O–H groups in total. The summed E-state index contributed by atoms with van der Waals surface area (Å²) in [5, 5.41) is 4.45. The van der Waals surface area contributed by atoms with Gasteiger partial charge in [0.15, 0.2) is 0 Å². The van der Waals surface area contributed by atoms with Crippen molar-refractivity contribution in [1.29, 1.82) is 0 Å². The van der Waals surface area contributed by atoms with E-state index in [9.17, 15) is 4.39 Å². The van der Waals surface area contributed by atoms with Crippen molar-refractivity contribution < 1.29 is 9.13 Å². The predicted octanol–water partition coefficient (Wildman–Crippen LogP) is 4.11. The van der Waals surface area contributed by atoms with Crippen LogP contribution in [0.25, 0.3) is 10.9 Å². The molecule has 1 atom stereocenters. The van der Waals surface area contributed by atoms with Gasteiger partial charge in [0.25, 0.3) is 0 Å². The molecule has 6 heteroatoms. The Morgan fingerprint density at radius 1 is 1.38 bits per heavy atom. The van der Waals surface area contributed by atoms with Gasteiger partial charge in [0.2, 0.25) is 0 Å². The molecule has 3 aromatic rings. The lowest BCUT2D eigenvalue weighted by atomic mass is 9.89. The lowest BCUT2D eigenvalue weighted by Crippen LogP contribution is -2.14. The molecule has 0 saturated heterocycles. The maximum absolute atomic E-state index is 13.8. The average Bonchev–Trinajstić information content (AvgIpc) is 3.02. The number of benzene rings is 1. The van der Waals surface area contributed by atoms with E-state index in [0.29, 0.717) is 10.7 Å². The summed E-state index contributed by atoms with van der Waals surface area (Å²) >= 11 is 6.27. The Morgan fingerprint density at radius 3 is 2.96 bits per heavy atom. The Bertz CT molecular complexity index is 849. The summed E-state index contributed by atoms with van der Waals surface area (Å²) in [5.74, 6) is 0.285. The van der Waals surface area contributed by atoms with Crippen LogP contribution in [-0.4, -0.2) is 30.7 Å². The number of ether oxygens (including phenoxy) is 1. The van der Waals surface area contributed by atoms with E-state index < -0.39 is 5.82 Å². The van der Waals surface area contributed by atoms with Gasteiger partial charge in [-0.05, 0) is 49.3 Å². The molecule has 0 fully saturated rings. The van der Waals surface area contributed by atoms with Crippen molar-refractivity contribution in [3.05, 3.63) is 58.8 Å². The minimum atomic E-state index is -0.393. The second kappa shape index (κ2) is 7.20. The molecule has 1 unspecified atom stereocenters. The zero-order valence-corrected chi connectivity index (χ0v) is 14.3. The lowest BCUT2D eigenvalue weighted by molar-refractivity contribution is 0.419. The Hall–Kier alpha value is -2.11. The molecular formula is C18H19ClFN3O. The van der Waals surface area contributed by atoms with E-state index >= 15 is 0 Å². The van der Waals surface area contributed by atoms with E-state index in [0.717, 1.165) is 41.4 Å². The molecule has 0 aliphatic carbocycles. The maximum Gasteiger partial charge on any atom is 0.141 e. The van der Waals surface area contributed by atoms with Crippen LogP contribution in [0.3, 0.4) is 0 Å². The van der Waals surface area contributed by atoms with Crippen LogP contribution in [0.2, 0.25) is 5.15 Å². The first-order valence-electron chi connectivity index (χ1n) is 7.75. The van der Waals surface area contributed by atoms with Gasteiger partial charge in [-0.1, -0.05) is 17.7 Å². The van der Waals surface area contributed by atoms with Crippen molar-refractivity contribution in [1.82, 2.24) is 15.3 Å². The Balaban J connectivity index is 2.18. The molecular weight excluding hydrogens is 329 g/mol. The lowest BCUT2D eigenvalue weighted by Gasteiger charge is -2.19. The summed E-state index contributed by atoms with van der Waals surface area (Å²) in [5.41, 5.74) is 2.67. The van der Waals surface area contributed by atoms with E-state index in [-0.39, 0.29) is 5.92 Å². The molecule has 0 saturated carbocycles. The molecule has 1 aromatic carbocycles. The van der Waals surface area contributed by atoms with E-state index in [2.05, 4.69) is 15.3 Å². The SMILES string of the molecule is CNCCC(c1cc(F)cnc1Cl)c1c[nH]c2cccc(OC)c12. The minimum Gasteiger partial charge on any atom is -0.496 e. The molecule has 0 amide bonds. The number of halogens is 2. The minimum absolute atomic E-state index is 0.0989.